The molecule has 0 unspecified atom stereocenters. The van der Waals surface area contributed by atoms with Gasteiger partial charge < -0.3 is 4.98 Å². The van der Waals surface area contributed by atoms with E-state index in [0.29, 0.717) is 5.69 Å². The first kappa shape index (κ1) is 12.4. The minimum Gasteiger partial charge on any atom is -0.334 e. The summed E-state index contributed by atoms with van der Waals surface area (Å²) in [6, 6.07) is 5.49. The lowest BCUT2D eigenvalue weighted by Crippen LogP contribution is -2.14. The Morgan fingerprint density at radius 2 is 2.18 bits per heavy atom. The predicted molar refractivity (Wildman–Crippen MR) is 73.3 cm³/mol. The molecule has 2 aromatic rings. The van der Waals surface area contributed by atoms with E-state index in [1.165, 1.54) is 12.5 Å². The van der Waals surface area contributed by atoms with Crippen LogP contribution in [0, 0.1) is 10.5 Å². The van der Waals surface area contributed by atoms with Gasteiger partial charge in [0.25, 0.3) is 10.0 Å². The predicted octanol–water partition coefficient (Wildman–Crippen LogP) is 2.12. The van der Waals surface area contributed by atoms with Crippen LogP contribution in [0.25, 0.3) is 0 Å². The maximum atomic E-state index is 11.9. The summed E-state index contributed by atoms with van der Waals surface area (Å²) < 4.78 is 27.4. The number of aromatic nitrogens is 2. The number of hydrogen-bond acceptors (Lipinski definition) is 3. The molecule has 0 saturated heterocycles. The highest BCUT2D eigenvalue weighted by molar-refractivity contribution is 14.1. The van der Waals surface area contributed by atoms with Gasteiger partial charge in [0.05, 0.1) is 18.2 Å². The van der Waals surface area contributed by atoms with Crippen molar-refractivity contribution in [1.82, 2.24) is 9.97 Å². The van der Waals surface area contributed by atoms with E-state index in [1.807, 2.05) is 19.1 Å². The summed E-state index contributed by atoms with van der Waals surface area (Å²) >= 11 is 2.18. The number of aromatic amines is 1. The fourth-order valence-electron chi connectivity index (χ4n) is 1.33. The van der Waals surface area contributed by atoms with Crippen LogP contribution in [-0.4, -0.2) is 18.4 Å². The minimum atomic E-state index is -3.58. The van der Waals surface area contributed by atoms with E-state index in [-0.39, 0.29) is 5.03 Å². The summed E-state index contributed by atoms with van der Waals surface area (Å²) in [6.45, 7) is 1.85. The lowest BCUT2D eigenvalue weighted by molar-refractivity contribution is 0.598. The number of imidazole rings is 1. The Kier molecular flexibility index (Phi) is 3.38. The number of anilines is 1. The third-order valence-electron chi connectivity index (χ3n) is 2.20. The van der Waals surface area contributed by atoms with E-state index in [2.05, 4.69) is 37.3 Å². The summed E-state index contributed by atoms with van der Waals surface area (Å²) in [5.41, 5.74) is 1.44. The van der Waals surface area contributed by atoms with Gasteiger partial charge in [-0.05, 0) is 53.3 Å². The first-order chi connectivity index (χ1) is 7.99. The number of rotatable bonds is 3. The summed E-state index contributed by atoms with van der Waals surface area (Å²) in [7, 11) is -3.58. The van der Waals surface area contributed by atoms with Gasteiger partial charge in [-0.25, -0.2) is 4.98 Å². The molecule has 0 aliphatic rings. The number of H-pyrrole nitrogens is 1. The zero-order valence-electron chi connectivity index (χ0n) is 8.94. The van der Waals surface area contributed by atoms with Crippen LogP contribution in [-0.2, 0) is 10.0 Å². The van der Waals surface area contributed by atoms with Gasteiger partial charge >= 0.3 is 0 Å². The molecule has 0 atom stereocenters. The van der Waals surface area contributed by atoms with Gasteiger partial charge in [0.2, 0.25) is 0 Å². The fourth-order valence-corrected chi connectivity index (χ4v) is 3.01. The number of halogens is 1. The second-order valence-corrected chi connectivity index (χ2v) is 6.38. The Balaban J connectivity index is 2.33. The molecule has 0 aliphatic carbocycles. The number of aryl methyl sites for hydroxylation is 1. The standard InChI is InChI=1S/C10H10IN3O2S/c1-7-4-8(11)2-3-9(7)14-17(15,16)10-5-12-6-13-10/h2-6,14H,1H3,(H,12,13). The molecule has 5 nitrogen and oxygen atoms in total. The molecule has 0 bridgehead atoms. The van der Waals surface area contributed by atoms with Crippen molar-refractivity contribution in [1.29, 1.82) is 0 Å². The van der Waals surface area contributed by atoms with Crippen LogP contribution in [0.2, 0.25) is 0 Å². The van der Waals surface area contributed by atoms with Gasteiger partial charge in [-0.3, -0.25) is 4.72 Å². The summed E-state index contributed by atoms with van der Waals surface area (Å²) in [6.07, 6.45) is 2.60. The quantitative estimate of drug-likeness (QED) is 0.821. The molecule has 1 aromatic heterocycles. The highest BCUT2D eigenvalue weighted by Gasteiger charge is 2.16. The molecule has 0 saturated carbocycles. The summed E-state index contributed by atoms with van der Waals surface area (Å²) in [5.74, 6) is 0. The second-order valence-electron chi connectivity index (χ2n) is 3.48. The monoisotopic (exact) mass is 363 g/mol. The number of nitrogens with zero attached hydrogens (tertiary/aromatic N) is 1. The Hall–Kier alpha value is -1.09. The smallest absolute Gasteiger partial charge is 0.278 e. The molecule has 0 aliphatic heterocycles. The molecule has 90 valence electrons. The van der Waals surface area contributed by atoms with E-state index in [1.54, 1.807) is 6.07 Å². The third-order valence-corrected chi connectivity index (χ3v) is 4.16. The van der Waals surface area contributed by atoms with Crippen LogP contribution in [0.4, 0.5) is 5.69 Å². The van der Waals surface area contributed by atoms with Crippen LogP contribution in [0.5, 0.6) is 0 Å². The maximum Gasteiger partial charge on any atom is 0.278 e. The average Bonchev–Trinajstić information content (AvgIpc) is 2.76. The number of hydrogen-bond donors (Lipinski definition) is 2. The molecule has 1 heterocycles. The minimum absolute atomic E-state index is 0.0513. The van der Waals surface area contributed by atoms with Gasteiger partial charge in [0.1, 0.15) is 0 Å². The number of benzene rings is 1. The van der Waals surface area contributed by atoms with Gasteiger partial charge in [-0.15, -0.1) is 0 Å². The van der Waals surface area contributed by atoms with Crippen LogP contribution in [0.3, 0.4) is 0 Å². The van der Waals surface area contributed by atoms with Crippen molar-refractivity contribution < 1.29 is 8.42 Å². The highest BCUT2D eigenvalue weighted by atomic mass is 127. The molecule has 17 heavy (non-hydrogen) atoms. The normalized spacial score (nSPS) is 11.4. The van der Waals surface area contributed by atoms with Crippen LogP contribution < -0.4 is 4.72 Å². The molecule has 0 spiro atoms. The number of sulfonamides is 1. The molecule has 0 amide bonds. The number of nitrogens with one attached hydrogen (secondary N) is 2. The fraction of sp³-hybridized carbons (Fsp3) is 0.100. The largest absolute Gasteiger partial charge is 0.334 e. The Morgan fingerprint density at radius 3 is 2.76 bits per heavy atom. The van der Waals surface area contributed by atoms with E-state index in [9.17, 15) is 8.42 Å². The van der Waals surface area contributed by atoms with Crippen molar-refractivity contribution in [3.63, 3.8) is 0 Å². The second kappa shape index (κ2) is 4.65. The Labute approximate surface area is 113 Å². The van der Waals surface area contributed by atoms with Crippen molar-refractivity contribution in [3.05, 3.63) is 39.9 Å². The van der Waals surface area contributed by atoms with Crippen molar-refractivity contribution >= 4 is 38.3 Å². The van der Waals surface area contributed by atoms with Gasteiger partial charge in [-0.1, -0.05) is 0 Å². The lowest BCUT2D eigenvalue weighted by Gasteiger charge is -2.09. The molecule has 0 fully saturated rings. The first-order valence-electron chi connectivity index (χ1n) is 4.76. The van der Waals surface area contributed by atoms with Crippen LogP contribution in [0.15, 0.2) is 35.7 Å². The Morgan fingerprint density at radius 1 is 1.41 bits per heavy atom. The average molecular weight is 363 g/mol. The van der Waals surface area contributed by atoms with Crippen LogP contribution >= 0.6 is 22.6 Å². The van der Waals surface area contributed by atoms with E-state index < -0.39 is 10.0 Å². The summed E-state index contributed by atoms with van der Waals surface area (Å²) in [4.78, 5) is 6.26. The lowest BCUT2D eigenvalue weighted by atomic mass is 10.2. The Bertz CT molecular complexity index is 623. The van der Waals surface area contributed by atoms with Crippen LogP contribution in [0.1, 0.15) is 5.56 Å². The highest BCUT2D eigenvalue weighted by Crippen LogP contribution is 2.20. The zero-order chi connectivity index (χ0) is 12.5. The molecule has 0 radical (unpaired) electrons. The molecular weight excluding hydrogens is 353 g/mol. The van der Waals surface area contributed by atoms with Gasteiger partial charge in [-0.2, -0.15) is 8.42 Å². The van der Waals surface area contributed by atoms with Crippen molar-refractivity contribution in [2.45, 2.75) is 11.9 Å². The van der Waals surface area contributed by atoms with Gasteiger partial charge in [0.15, 0.2) is 5.03 Å². The van der Waals surface area contributed by atoms with E-state index in [0.717, 1.165) is 9.13 Å². The summed E-state index contributed by atoms with van der Waals surface area (Å²) in [5, 5.41) is 0.0513. The molecule has 1 aromatic carbocycles. The molecule has 7 heteroatoms. The molecule has 2 rings (SSSR count). The maximum absolute atomic E-state index is 11.9. The molecular formula is C10H10IN3O2S. The third kappa shape index (κ3) is 2.78. The zero-order valence-corrected chi connectivity index (χ0v) is 11.9. The topological polar surface area (TPSA) is 74.8 Å². The van der Waals surface area contributed by atoms with E-state index >= 15 is 0 Å². The van der Waals surface area contributed by atoms with E-state index in [4.69, 9.17) is 0 Å². The first-order valence-corrected chi connectivity index (χ1v) is 7.32. The van der Waals surface area contributed by atoms with Crippen molar-refractivity contribution in [3.8, 4) is 0 Å². The molecule has 2 N–H and O–H groups in total. The SMILES string of the molecule is Cc1cc(I)ccc1NS(=O)(=O)c1cnc[nH]1. The van der Waals surface area contributed by atoms with Crippen molar-refractivity contribution in [2.24, 2.45) is 0 Å². The van der Waals surface area contributed by atoms with Crippen molar-refractivity contribution in [2.75, 3.05) is 4.72 Å². The van der Waals surface area contributed by atoms with Gasteiger partial charge in [0, 0.05) is 3.57 Å².